The van der Waals surface area contributed by atoms with E-state index >= 15 is 0 Å². The summed E-state index contributed by atoms with van der Waals surface area (Å²) in [5.74, 6) is -1.75. The summed E-state index contributed by atoms with van der Waals surface area (Å²) < 4.78 is 36.0. The topological polar surface area (TPSA) is 80.6 Å². The number of aliphatic hydroxyl groups is 1. The molecule has 1 amide bonds. The number of fused-ring (bicyclic) bond motifs is 1. The molecule has 1 aromatic heterocycles. The molecule has 2 aromatic carbocycles. The van der Waals surface area contributed by atoms with Gasteiger partial charge in [0.15, 0.2) is 0 Å². The van der Waals surface area contributed by atoms with E-state index in [1.807, 2.05) is 0 Å². The number of hydrogen-bond donors (Lipinski definition) is 2. The van der Waals surface area contributed by atoms with Crippen LogP contribution in [0.3, 0.4) is 0 Å². The minimum Gasteiger partial charge on any atom is -0.497 e. The number of nitrogens with one attached hydrogen (secondary N) is 1. The van der Waals surface area contributed by atoms with Gasteiger partial charge in [-0.1, -0.05) is 25.0 Å². The molecule has 1 heterocycles. The number of carbonyl (C=O) groups is 1. The highest BCUT2D eigenvalue weighted by molar-refractivity contribution is 5.97. The van der Waals surface area contributed by atoms with Crippen LogP contribution in [0.1, 0.15) is 41.6 Å². The summed E-state index contributed by atoms with van der Waals surface area (Å²) in [5, 5.41) is 12.0. The lowest BCUT2D eigenvalue weighted by Crippen LogP contribution is -2.44. The number of halogens is 2. The summed E-state index contributed by atoms with van der Waals surface area (Å²) in [5.41, 5.74) is -0.564. The first kappa shape index (κ1) is 22.9. The van der Waals surface area contributed by atoms with Gasteiger partial charge in [-0.2, -0.15) is 0 Å². The van der Waals surface area contributed by atoms with Crippen molar-refractivity contribution < 1.29 is 23.4 Å². The number of nitrogens with zero attached hydrogens (tertiary/aromatic N) is 1. The normalized spacial score (nSPS) is 18.3. The highest BCUT2D eigenvalue weighted by Gasteiger charge is 2.28. The molecule has 0 aliphatic heterocycles. The van der Waals surface area contributed by atoms with Gasteiger partial charge in [-0.15, -0.1) is 0 Å². The van der Waals surface area contributed by atoms with Crippen LogP contribution >= 0.6 is 0 Å². The van der Waals surface area contributed by atoms with Gasteiger partial charge >= 0.3 is 0 Å². The van der Waals surface area contributed by atoms with E-state index < -0.39 is 28.4 Å². The number of aromatic nitrogens is 1. The molecule has 1 aliphatic carbocycles. The van der Waals surface area contributed by atoms with Gasteiger partial charge in [0.25, 0.3) is 5.91 Å². The largest absolute Gasteiger partial charge is 0.497 e. The van der Waals surface area contributed by atoms with E-state index in [0.29, 0.717) is 12.2 Å². The number of ether oxygens (including phenoxy) is 1. The molecular weight excluding hydrogens is 430 g/mol. The van der Waals surface area contributed by atoms with Crippen molar-refractivity contribution >= 4 is 16.8 Å². The van der Waals surface area contributed by atoms with Crippen LogP contribution in [0.25, 0.3) is 10.9 Å². The monoisotopic (exact) mass is 456 g/mol. The van der Waals surface area contributed by atoms with Crippen LogP contribution in [-0.4, -0.2) is 35.3 Å². The first-order chi connectivity index (χ1) is 15.9. The minimum absolute atomic E-state index is 0.0653. The van der Waals surface area contributed by atoms with E-state index in [4.69, 9.17) is 4.74 Å². The van der Waals surface area contributed by atoms with Gasteiger partial charge in [-0.25, -0.2) is 8.78 Å². The summed E-state index contributed by atoms with van der Waals surface area (Å²) in [6, 6.07) is 8.60. The van der Waals surface area contributed by atoms with Gasteiger partial charge in [-0.3, -0.25) is 9.59 Å². The van der Waals surface area contributed by atoms with E-state index in [0.717, 1.165) is 37.0 Å². The van der Waals surface area contributed by atoms with Crippen LogP contribution < -0.4 is 15.5 Å². The van der Waals surface area contributed by atoms with Gasteiger partial charge in [0, 0.05) is 31.3 Å². The molecule has 0 unspecified atom stereocenters. The number of methoxy groups -OCH3 is 1. The van der Waals surface area contributed by atoms with Crippen LogP contribution in [0, 0.1) is 17.6 Å². The number of aliphatic hydroxyl groups excluding tert-OH is 1. The fourth-order valence-electron chi connectivity index (χ4n) is 4.53. The predicted molar refractivity (Wildman–Crippen MR) is 121 cm³/mol. The third-order valence-electron chi connectivity index (χ3n) is 6.34. The van der Waals surface area contributed by atoms with Gasteiger partial charge < -0.3 is 19.7 Å². The molecule has 3 aromatic rings. The Morgan fingerprint density at radius 1 is 1.12 bits per heavy atom. The van der Waals surface area contributed by atoms with Crippen molar-refractivity contribution in [1.29, 1.82) is 0 Å². The SMILES string of the molecule is COc1ccc(Cn2cc(C(=O)N[C@H]3CCCC[C@@H]3CO)c(=O)c3c(F)ccc(F)c32)cc1. The summed E-state index contributed by atoms with van der Waals surface area (Å²) in [4.78, 5) is 26.2. The fourth-order valence-corrected chi connectivity index (χ4v) is 4.53. The van der Waals surface area contributed by atoms with E-state index in [1.165, 1.54) is 10.8 Å². The first-order valence-electron chi connectivity index (χ1n) is 11.0. The molecule has 33 heavy (non-hydrogen) atoms. The molecule has 174 valence electrons. The zero-order valence-corrected chi connectivity index (χ0v) is 18.3. The number of pyridine rings is 1. The Hall–Kier alpha value is -3.26. The Kier molecular flexibility index (Phi) is 6.74. The van der Waals surface area contributed by atoms with Crippen molar-refractivity contribution in [2.75, 3.05) is 13.7 Å². The molecule has 0 radical (unpaired) electrons. The van der Waals surface area contributed by atoms with E-state index in [9.17, 15) is 23.5 Å². The minimum atomic E-state index is -0.888. The van der Waals surface area contributed by atoms with Crippen molar-refractivity contribution in [3.05, 3.63) is 75.6 Å². The van der Waals surface area contributed by atoms with E-state index in [1.54, 1.807) is 31.4 Å². The predicted octanol–water partition coefficient (Wildman–Crippen LogP) is 3.62. The second kappa shape index (κ2) is 9.70. The van der Waals surface area contributed by atoms with Crippen molar-refractivity contribution in [2.45, 2.75) is 38.3 Å². The molecule has 2 N–H and O–H groups in total. The maximum atomic E-state index is 14.8. The molecule has 1 fully saturated rings. The third kappa shape index (κ3) is 4.61. The quantitative estimate of drug-likeness (QED) is 0.594. The average molecular weight is 456 g/mol. The Morgan fingerprint density at radius 3 is 2.52 bits per heavy atom. The maximum Gasteiger partial charge on any atom is 0.257 e. The standard InChI is InChI=1S/C25H26F2N2O4/c1-33-17-8-6-15(7-9-17)12-29-13-18(24(31)22-19(26)10-11-20(27)23(22)29)25(32)28-21-5-3-2-4-16(21)14-30/h6-11,13,16,21,30H,2-5,12,14H2,1H3,(H,28,32)/t16-,21+/m1/s1. The number of hydrogen-bond acceptors (Lipinski definition) is 4. The van der Waals surface area contributed by atoms with Gasteiger partial charge in [0.05, 0.1) is 18.0 Å². The molecule has 6 nitrogen and oxygen atoms in total. The van der Waals surface area contributed by atoms with Crippen LogP contribution in [0.4, 0.5) is 8.78 Å². The second-order valence-electron chi connectivity index (χ2n) is 8.41. The number of benzene rings is 2. The van der Waals surface area contributed by atoms with Crippen molar-refractivity contribution in [3.8, 4) is 5.75 Å². The van der Waals surface area contributed by atoms with E-state index in [2.05, 4.69) is 5.32 Å². The van der Waals surface area contributed by atoms with Crippen LogP contribution in [0.15, 0.2) is 47.4 Å². The molecule has 0 bridgehead atoms. The van der Waals surface area contributed by atoms with Crippen LogP contribution in [-0.2, 0) is 6.54 Å². The van der Waals surface area contributed by atoms with E-state index in [-0.39, 0.29) is 36.2 Å². The number of carbonyl (C=O) groups excluding carboxylic acids is 1. The summed E-state index contributed by atoms with van der Waals surface area (Å²) in [7, 11) is 1.54. The van der Waals surface area contributed by atoms with Gasteiger partial charge in [-0.05, 0) is 42.7 Å². The van der Waals surface area contributed by atoms with Crippen molar-refractivity contribution in [2.24, 2.45) is 5.92 Å². The van der Waals surface area contributed by atoms with Crippen molar-refractivity contribution in [1.82, 2.24) is 9.88 Å². The summed E-state index contributed by atoms with van der Waals surface area (Å²) >= 11 is 0. The Balaban J connectivity index is 1.78. The first-order valence-corrected chi connectivity index (χ1v) is 11.0. The summed E-state index contributed by atoms with van der Waals surface area (Å²) in [6.07, 6.45) is 4.62. The molecule has 2 atom stereocenters. The maximum absolute atomic E-state index is 14.8. The number of amides is 1. The zero-order chi connectivity index (χ0) is 23.5. The highest BCUT2D eigenvalue weighted by Crippen LogP contribution is 2.25. The fraction of sp³-hybridized carbons (Fsp3) is 0.360. The van der Waals surface area contributed by atoms with Crippen molar-refractivity contribution in [3.63, 3.8) is 0 Å². The van der Waals surface area contributed by atoms with Gasteiger partial charge in [0.1, 0.15) is 22.9 Å². The summed E-state index contributed by atoms with van der Waals surface area (Å²) in [6.45, 7) is 0.0499. The lowest BCUT2D eigenvalue weighted by molar-refractivity contribution is 0.0871. The third-order valence-corrected chi connectivity index (χ3v) is 6.34. The molecular formula is C25H26F2N2O4. The Morgan fingerprint density at radius 2 is 1.82 bits per heavy atom. The molecule has 1 saturated carbocycles. The molecule has 1 aliphatic rings. The second-order valence-corrected chi connectivity index (χ2v) is 8.41. The lowest BCUT2D eigenvalue weighted by atomic mass is 9.85. The molecule has 8 heteroatoms. The number of rotatable bonds is 6. The lowest BCUT2D eigenvalue weighted by Gasteiger charge is -2.30. The Bertz CT molecular complexity index is 1220. The smallest absolute Gasteiger partial charge is 0.257 e. The Labute approximate surface area is 189 Å². The van der Waals surface area contributed by atoms with Gasteiger partial charge in [0.2, 0.25) is 5.43 Å². The average Bonchev–Trinajstić information content (AvgIpc) is 2.83. The molecule has 0 saturated heterocycles. The molecule has 0 spiro atoms. The highest BCUT2D eigenvalue weighted by atomic mass is 19.1. The van der Waals surface area contributed by atoms with Crippen LogP contribution in [0.2, 0.25) is 0 Å². The van der Waals surface area contributed by atoms with Crippen LogP contribution in [0.5, 0.6) is 5.75 Å². The zero-order valence-electron chi connectivity index (χ0n) is 18.3. The molecule has 4 rings (SSSR count).